The lowest BCUT2D eigenvalue weighted by atomic mass is 10.1. The van der Waals surface area contributed by atoms with E-state index < -0.39 is 10.0 Å². The van der Waals surface area contributed by atoms with E-state index in [9.17, 15) is 8.42 Å². The van der Waals surface area contributed by atoms with Crippen LogP contribution in [0.2, 0.25) is 0 Å². The van der Waals surface area contributed by atoms with Gasteiger partial charge in [0.25, 0.3) is 0 Å². The zero-order valence-electron chi connectivity index (χ0n) is 11.3. The molecule has 1 aliphatic heterocycles. The largest absolute Gasteiger partial charge is 0.314 e. The summed E-state index contributed by atoms with van der Waals surface area (Å²) in [5, 5.41) is 3.25. The Hall–Kier alpha value is -0.130. The van der Waals surface area contributed by atoms with Gasteiger partial charge < -0.3 is 5.32 Å². The summed E-state index contributed by atoms with van der Waals surface area (Å²) in [4.78, 5) is 0. The first kappa shape index (κ1) is 14.9. The lowest BCUT2D eigenvalue weighted by Crippen LogP contribution is -2.33. The molecule has 4 nitrogen and oxygen atoms in total. The van der Waals surface area contributed by atoms with Gasteiger partial charge in [-0.3, -0.25) is 0 Å². The second kappa shape index (κ2) is 6.71. The van der Waals surface area contributed by atoms with Crippen LogP contribution in [0.3, 0.4) is 0 Å². The predicted molar refractivity (Wildman–Crippen MR) is 71.5 cm³/mol. The highest BCUT2D eigenvalue weighted by Crippen LogP contribution is 2.22. The van der Waals surface area contributed by atoms with Crippen molar-refractivity contribution in [3.63, 3.8) is 0 Å². The van der Waals surface area contributed by atoms with Gasteiger partial charge in [-0.1, -0.05) is 27.2 Å². The monoisotopic (exact) mass is 262 g/mol. The maximum Gasteiger partial charge on any atom is 0.214 e. The van der Waals surface area contributed by atoms with Gasteiger partial charge in [0.2, 0.25) is 10.0 Å². The molecule has 1 unspecified atom stereocenters. The van der Waals surface area contributed by atoms with Crippen molar-refractivity contribution >= 4 is 10.0 Å². The van der Waals surface area contributed by atoms with Crippen molar-refractivity contribution < 1.29 is 8.42 Å². The van der Waals surface area contributed by atoms with Gasteiger partial charge in [0.1, 0.15) is 0 Å². The third kappa shape index (κ3) is 4.94. The summed E-state index contributed by atoms with van der Waals surface area (Å²) in [6.07, 6.45) is 2.81. The van der Waals surface area contributed by atoms with E-state index in [1.54, 1.807) is 4.31 Å². The molecule has 102 valence electrons. The molecular weight excluding hydrogens is 236 g/mol. The van der Waals surface area contributed by atoms with Crippen molar-refractivity contribution in [1.82, 2.24) is 9.62 Å². The average molecular weight is 262 g/mol. The quantitative estimate of drug-likeness (QED) is 0.706. The molecule has 17 heavy (non-hydrogen) atoms. The molecule has 0 amide bonds. The molecule has 1 atom stereocenters. The summed E-state index contributed by atoms with van der Waals surface area (Å²) < 4.78 is 25.8. The fraction of sp³-hybridized carbons (Fsp3) is 1.00. The number of nitrogens with zero attached hydrogens (tertiary/aromatic N) is 1. The van der Waals surface area contributed by atoms with E-state index in [0.29, 0.717) is 18.4 Å². The third-order valence-corrected chi connectivity index (χ3v) is 5.27. The van der Waals surface area contributed by atoms with Crippen LogP contribution in [0.1, 0.15) is 40.0 Å². The van der Waals surface area contributed by atoms with Crippen LogP contribution in [0.25, 0.3) is 0 Å². The summed E-state index contributed by atoms with van der Waals surface area (Å²) in [5.74, 6) is 0.849. The molecular formula is C12H26N2O2S. The third-order valence-electron chi connectivity index (χ3n) is 3.35. The van der Waals surface area contributed by atoms with Gasteiger partial charge in [0, 0.05) is 19.1 Å². The first-order chi connectivity index (χ1) is 7.95. The molecule has 0 saturated carbocycles. The summed E-state index contributed by atoms with van der Waals surface area (Å²) in [5.41, 5.74) is 0. The van der Waals surface area contributed by atoms with Crippen LogP contribution in [-0.2, 0) is 10.0 Å². The Morgan fingerprint density at radius 2 is 2.12 bits per heavy atom. The van der Waals surface area contributed by atoms with E-state index in [-0.39, 0.29) is 5.75 Å². The zero-order chi connectivity index (χ0) is 12.9. The fourth-order valence-corrected chi connectivity index (χ4v) is 3.75. The van der Waals surface area contributed by atoms with Crippen LogP contribution in [0.15, 0.2) is 0 Å². The van der Waals surface area contributed by atoms with E-state index in [0.717, 1.165) is 32.5 Å². The summed E-state index contributed by atoms with van der Waals surface area (Å²) in [6, 6.07) is 0.425. The summed E-state index contributed by atoms with van der Waals surface area (Å²) in [7, 11) is -3.01. The molecule has 0 radical (unpaired) electrons. The van der Waals surface area contributed by atoms with Crippen molar-refractivity contribution in [2.75, 3.05) is 25.4 Å². The Balaban J connectivity index is 2.31. The molecule has 0 aliphatic carbocycles. The molecule has 1 aliphatic rings. The molecule has 1 heterocycles. The smallest absolute Gasteiger partial charge is 0.214 e. The van der Waals surface area contributed by atoms with Gasteiger partial charge in [-0.25, -0.2) is 12.7 Å². The lowest BCUT2D eigenvalue weighted by Gasteiger charge is -2.16. The normalized spacial score (nSPS) is 22.5. The van der Waals surface area contributed by atoms with Crippen molar-refractivity contribution in [3.8, 4) is 0 Å². The van der Waals surface area contributed by atoms with Crippen molar-refractivity contribution in [3.05, 3.63) is 0 Å². The molecule has 1 fully saturated rings. The van der Waals surface area contributed by atoms with Gasteiger partial charge in [0.05, 0.1) is 5.75 Å². The minimum absolute atomic E-state index is 0.281. The molecule has 0 aromatic rings. The van der Waals surface area contributed by atoms with Crippen LogP contribution in [0.4, 0.5) is 0 Å². The Bertz CT molecular complexity index is 314. The van der Waals surface area contributed by atoms with Gasteiger partial charge in [-0.05, 0) is 25.3 Å². The number of rotatable bonds is 7. The maximum absolute atomic E-state index is 12.0. The predicted octanol–water partition coefficient (Wildman–Crippen LogP) is 1.44. The van der Waals surface area contributed by atoms with Gasteiger partial charge in [-0.2, -0.15) is 0 Å². The van der Waals surface area contributed by atoms with Crippen LogP contribution in [0, 0.1) is 5.92 Å². The van der Waals surface area contributed by atoms with E-state index in [1.165, 1.54) is 0 Å². The average Bonchev–Trinajstić information content (AvgIpc) is 2.73. The summed E-state index contributed by atoms with van der Waals surface area (Å²) in [6.45, 7) is 8.51. The molecule has 0 aromatic carbocycles. The minimum atomic E-state index is -3.01. The van der Waals surface area contributed by atoms with Crippen LogP contribution in [-0.4, -0.2) is 44.2 Å². The molecule has 0 aromatic heterocycles. The molecule has 1 rings (SSSR count). The van der Waals surface area contributed by atoms with E-state index in [2.05, 4.69) is 26.1 Å². The number of hydrogen-bond donors (Lipinski definition) is 1. The first-order valence-electron chi connectivity index (χ1n) is 6.67. The minimum Gasteiger partial charge on any atom is -0.314 e. The molecule has 5 heteroatoms. The molecule has 1 saturated heterocycles. The number of sulfonamides is 1. The Kier molecular flexibility index (Phi) is 5.89. The van der Waals surface area contributed by atoms with Crippen molar-refractivity contribution in [2.24, 2.45) is 5.92 Å². The highest BCUT2D eigenvalue weighted by molar-refractivity contribution is 7.89. The second-order valence-electron chi connectivity index (χ2n) is 5.20. The number of nitrogens with one attached hydrogen (secondary N) is 1. The Labute approximate surface area is 106 Å². The van der Waals surface area contributed by atoms with Crippen LogP contribution >= 0.6 is 0 Å². The Morgan fingerprint density at radius 1 is 1.41 bits per heavy atom. The summed E-state index contributed by atoms with van der Waals surface area (Å²) >= 11 is 0. The van der Waals surface area contributed by atoms with E-state index >= 15 is 0 Å². The van der Waals surface area contributed by atoms with Gasteiger partial charge in [-0.15, -0.1) is 0 Å². The topological polar surface area (TPSA) is 49.4 Å². The van der Waals surface area contributed by atoms with Crippen molar-refractivity contribution in [1.29, 1.82) is 0 Å². The maximum atomic E-state index is 12.0. The Morgan fingerprint density at radius 3 is 2.65 bits per heavy atom. The van der Waals surface area contributed by atoms with E-state index in [1.807, 2.05) is 0 Å². The van der Waals surface area contributed by atoms with Crippen LogP contribution < -0.4 is 5.32 Å². The molecule has 0 bridgehead atoms. The van der Waals surface area contributed by atoms with Gasteiger partial charge in [0.15, 0.2) is 0 Å². The van der Waals surface area contributed by atoms with Crippen LogP contribution in [0.5, 0.6) is 0 Å². The van der Waals surface area contributed by atoms with Gasteiger partial charge >= 0.3 is 0 Å². The molecule has 1 N–H and O–H groups in total. The SMILES string of the molecule is CCC1CCN(S(=O)(=O)CCCNC(C)C)C1. The standard InChI is InChI=1S/C12H26N2O2S/c1-4-12-6-8-14(10-12)17(15,16)9-5-7-13-11(2)3/h11-13H,4-10H2,1-3H3. The second-order valence-corrected chi connectivity index (χ2v) is 7.29. The number of hydrogen-bond acceptors (Lipinski definition) is 3. The fourth-order valence-electron chi connectivity index (χ4n) is 2.16. The first-order valence-corrected chi connectivity index (χ1v) is 8.27. The highest BCUT2D eigenvalue weighted by Gasteiger charge is 2.29. The highest BCUT2D eigenvalue weighted by atomic mass is 32.2. The van der Waals surface area contributed by atoms with E-state index in [4.69, 9.17) is 0 Å². The lowest BCUT2D eigenvalue weighted by molar-refractivity contribution is 0.450. The van der Waals surface area contributed by atoms with Crippen molar-refractivity contribution in [2.45, 2.75) is 46.1 Å². The molecule has 0 spiro atoms. The zero-order valence-corrected chi connectivity index (χ0v) is 12.1.